The van der Waals surface area contributed by atoms with Crippen LogP contribution in [-0.4, -0.2) is 33.4 Å². The number of nitrogens with one attached hydrogen (secondary N) is 2. The molecule has 0 saturated carbocycles. The topological polar surface area (TPSA) is 78.0 Å². The highest BCUT2D eigenvalue weighted by atomic mass is 16.3. The highest BCUT2D eigenvalue weighted by Gasteiger charge is 2.18. The molecule has 0 spiro atoms. The molecule has 3 N–H and O–H groups in total. The van der Waals surface area contributed by atoms with E-state index >= 15 is 0 Å². The maximum atomic E-state index is 11.9. The van der Waals surface area contributed by atoms with Crippen LogP contribution in [0, 0.1) is 0 Å². The van der Waals surface area contributed by atoms with E-state index in [9.17, 15) is 9.90 Å². The normalized spacial score (nSPS) is 14.4. The van der Waals surface area contributed by atoms with Gasteiger partial charge in [-0.05, 0) is 25.5 Å². The largest absolute Gasteiger partial charge is 0.388 e. The van der Waals surface area contributed by atoms with Crippen molar-refractivity contribution in [2.75, 3.05) is 6.54 Å². The lowest BCUT2D eigenvalue weighted by molar-refractivity contribution is 0.0518. The molecule has 1 unspecified atom stereocenters. The Morgan fingerprint density at radius 2 is 2.33 bits per heavy atom. The van der Waals surface area contributed by atoms with Gasteiger partial charge in [-0.3, -0.25) is 9.89 Å². The molecule has 5 heteroatoms. The standard InChI is InChI=1S/C13H17N3O2/c1-3-13(2,18)8-14-12(17)9-4-5-10-7-15-16-11(10)6-9/h4-7,18H,3,8H2,1-2H3,(H,14,17)(H,15,16). The predicted molar refractivity (Wildman–Crippen MR) is 69.3 cm³/mol. The summed E-state index contributed by atoms with van der Waals surface area (Å²) in [5.41, 5.74) is 0.511. The van der Waals surface area contributed by atoms with Crippen LogP contribution in [0.5, 0.6) is 0 Å². The van der Waals surface area contributed by atoms with Gasteiger partial charge in [-0.2, -0.15) is 5.10 Å². The summed E-state index contributed by atoms with van der Waals surface area (Å²) in [6, 6.07) is 5.33. The lowest BCUT2D eigenvalue weighted by atomic mass is 10.0. The van der Waals surface area contributed by atoms with E-state index in [-0.39, 0.29) is 12.5 Å². The zero-order valence-electron chi connectivity index (χ0n) is 10.5. The first kappa shape index (κ1) is 12.6. The van der Waals surface area contributed by atoms with E-state index in [2.05, 4.69) is 15.5 Å². The van der Waals surface area contributed by atoms with Gasteiger partial charge in [0.2, 0.25) is 0 Å². The number of H-pyrrole nitrogens is 1. The van der Waals surface area contributed by atoms with Crippen molar-refractivity contribution < 1.29 is 9.90 Å². The van der Waals surface area contributed by atoms with Crippen LogP contribution in [0.1, 0.15) is 30.6 Å². The SMILES string of the molecule is CCC(C)(O)CNC(=O)c1ccc2cn[nH]c2c1. The fourth-order valence-electron chi connectivity index (χ4n) is 1.58. The van der Waals surface area contributed by atoms with Gasteiger partial charge in [0, 0.05) is 17.5 Å². The van der Waals surface area contributed by atoms with Crippen LogP contribution >= 0.6 is 0 Å². The highest BCUT2D eigenvalue weighted by molar-refractivity contribution is 5.97. The lowest BCUT2D eigenvalue weighted by Gasteiger charge is -2.21. The van der Waals surface area contributed by atoms with Gasteiger partial charge in [-0.15, -0.1) is 0 Å². The van der Waals surface area contributed by atoms with Crippen LogP contribution in [0.15, 0.2) is 24.4 Å². The van der Waals surface area contributed by atoms with Crippen molar-refractivity contribution in [1.29, 1.82) is 0 Å². The maximum Gasteiger partial charge on any atom is 0.251 e. The Bertz CT molecular complexity index is 560. The fourth-order valence-corrected chi connectivity index (χ4v) is 1.58. The maximum absolute atomic E-state index is 11.9. The average Bonchev–Trinajstić information content (AvgIpc) is 2.83. The van der Waals surface area contributed by atoms with Gasteiger partial charge in [0.25, 0.3) is 5.91 Å². The molecule has 0 aliphatic heterocycles. The van der Waals surface area contributed by atoms with E-state index in [0.717, 1.165) is 10.9 Å². The lowest BCUT2D eigenvalue weighted by Crippen LogP contribution is -2.40. The van der Waals surface area contributed by atoms with Gasteiger partial charge >= 0.3 is 0 Å². The first-order valence-corrected chi connectivity index (χ1v) is 5.95. The number of carbonyl (C=O) groups is 1. The Hall–Kier alpha value is -1.88. The number of carbonyl (C=O) groups excluding carboxylic acids is 1. The first-order chi connectivity index (χ1) is 8.52. The Morgan fingerprint density at radius 3 is 3.06 bits per heavy atom. The quantitative estimate of drug-likeness (QED) is 0.765. The minimum Gasteiger partial charge on any atom is -0.388 e. The van der Waals surface area contributed by atoms with Crippen molar-refractivity contribution in [2.45, 2.75) is 25.9 Å². The molecule has 0 bridgehead atoms. The third-order valence-corrected chi connectivity index (χ3v) is 3.10. The molecule has 1 atom stereocenters. The van der Waals surface area contributed by atoms with Gasteiger partial charge in [0.05, 0.1) is 17.3 Å². The summed E-state index contributed by atoms with van der Waals surface area (Å²) in [4.78, 5) is 11.9. The number of hydrogen-bond acceptors (Lipinski definition) is 3. The van der Waals surface area contributed by atoms with E-state index in [1.807, 2.05) is 13.0 Å². The summed E-state index contributed by atoms with van der Waals surface area (Å²) in [6.45, 7) is 3.82. The fraction of sp³-hybridized carbons (Fsp3) is 0.385. The number of aromatic nitrogens is 2. The second-order valence-corrected chi connectivity index (χ2v) is 4.71. The zero-order chi connectivity index (χ0) is 13.2. The summed E-state index contributed by atoms with van der Waals surface area (Å²) < 4.78 is 0. The Balaban J connectivity index is 2.08. The van der Waals surface area contributed by atoms with E-state index in [4.69, 9.17) is 0 Å². The van der Waals surface area contributed by atoms with E-state index in [1.54, 1.807) is 25.3 Å². The highest BCUT2D eigenvalue weighted by Crippen LogP contribution is 2.13. The number of amides is 1. The van der Waals surface area contributed by atoms with Crippen LogP contribution in [-0.2, 0) is 0 Å². The Labute approximate surface area is 105 Å². The second kappa shape index (κ2) is 4.78. The molecule has 96 valence electrons. The molecule has 0 fully saturated rings. The van der Waals surface area contributed by atoms with Gasteiger partial charge in [0.15, 0.2) is 0 Å². The zero-order valence-corrected chi connectivity index (χ0v) is 10.5. The molecule has 0 saturated heterocycles. The molecule has 0 aliphatic rings. The Kier molecular flexibility index (Phi) is 3.34. The minimum atomic E-state index is -0.867. The van der Waals surface area contributed by atoms with Crippen LogP contribution in [0.25, 0.3) is 10.9 Å². The number of aromatic amines is 1. The average molecular weight is 247 g/mol. The molecule has 1 amide bonds. The second-order valence-electron chi connectivity index (χ2n) is 4.71. The number of aliphatic hydroxyl groups is 1. The molecular weight excluding hydrogens is 230 g/mol. The summed E-state index contributed by atoms with van der Waals surface area (Å²) in [5.74, 6) is -0.194. The molecule has 2 rings (SSSR count). The molecule has 1 aromatic carbocycles. The molecule has 1 aromatic heterocycles. The number of fused-ring (bicyclic) bond motifs is 1. The third kappa shape index (κ3) is 2.68. The number of rotatable bonds is 4. The molecule has 0 aliphatic carbocycles. The summed E-state index contributed by atoms with van der Waals surface area (Å²) in [6.07, 6.45) is 2.30. The van der Waals surface area contributed by atoms with Crippen molar-refractivity contribution >= 4 is 16.8 Å². The molecular formula is C13H17N3O2. The summed E-state index contributed by atoms with van der Waals surface area (Å²) >= 11 is 0. The van der Waals surface area contributed by atoms with Crippen LogP contribution in [0.4, 0.5) is 0 Å². The number of nitrogens with zero attached hydrogens (tertiary/aromatic N) is 1. The van der Waals surface area contributed by atoms with Gasteiger partial charge < -0.3 is 10.4 Å². The summed E-state index contributed by atoms with van der Waals surface area (Å²) in [7, 11) is 0. The van der Waals surface area contributed by atoms with Crippen LogP contribution in [0.2, 0.25) is 0 Å². The van der Waals surface area contributed by atoms with Crippen LogP contribution in [0.3, 0.4) is 0 Å². The molecule has 18 heavy (non-hydrogen) atoms. The third-order valence-electron chi connectivity index (χ3n) is 3.10. The first-order valence-electron chi connectivity index (χ1n) is 5.95. The molecule has 1 heterocycles. The van der Waals surface area contributed by atoms with Crippen molar-refractivity contribution in [2.24, 2.45) is 0 Å². The van der Waals surface area contributed by atoms with Crippen LogP contribution < -0.4 is 5.32 Å². The van der Waals surface area contributed by atoms with E-state index < -0.39 is 5.60 Å². The molecule has 0 radical (unpaired) electrons. The van der Waals surface area contributed by atoms with Crippen molar-refractivity contribution in [1.82, 2.24) is 15.5 Å². The minimum absolute atomic E-state index is 0.194. The number of hydrogen-bond donors (Lipinski definition) is 3. The van der Waals surface area contributed by atoms with E-state index in [0.29, 0.717) is 12.0 Å². The monoisotopic (exact) mass is 247 g/mol. The van der Waals surface area contributed by atoms with Gasteiger partial charge in [-0.25, -0.2) is 0 Å². The van der Waals surface area contributed by atoms with Gasteiger partial charge in [0.1, 0.15) is 0 Å². The van der Waals surface area contributed by atoms with E-state index in [1.165, 1.54) is 0 Å². The van der Waals surface area contributed by atoms with Gasteiger partial charge in [-0.1, -0.05) is 13.0 Å². The van der Waals surface area contributed by atoms with Crippen molar-refractivity contribution in [3.8, 4) is 0 Å². The number of benzene rings is 1. The predicted octanol–water partition coefficient (Wildman–Crippen LogP) is 1.45. The van der Waals surface area contributed by atoms with Crippen molar-refractivity contribution in [3.63, 3.8) is 0 Å². The molecule has 5 nitrogen and oxygen atoms in total. The molecule has 2 aromatic rings. The van der Waals surface area contributed by atoms with Crippen molar-refractivity contribution in [3.05, 3.63) is 30.0 Å². The smallest absolute Gasteiger partial charge is 0.251 e. The summed E-state index contributed by atoms with van der Waals surface area (Å²) in [5, 5.41) is 20.2. The Morgan fingerprint density at radius 1 is 1.56 bits per heavy atom.